The number of hydrogen-bond donors (Lipinski definition) is 2. The van der Waals surface area contributed by atoms with Gasteiger partial charge in [-0.1, -0.05) is 57.7 Å². The number of nitrogens with zero attached hydrogens (tertiary/aromatic N) is 1. The highest BCUT2D eigenvalue weighted by atomic mass is 16.6. The highest BCUT2D eigenvalue weighted by Gasteiger charge is 2.61. The molecule has 8 nitrogen and oxygen atoms in total. The lowest BCUT2D eigenvalue weighted by molar-refractivity contribution is -0.180. The monoisotopic (exact) mass is 567 g/mol. The van der Waals surface area contributed by atoms with Crippen LogP contribution in [0, 0.1) is 22.7 Å². The summed E-state index contributed by atoms with van der Waals surface area (Å²) in [4.78, 5) is 40.7. The summed E-state index contributed by atoms with van der Waals surface area (Å²) in [6.45, 7) is 13.0. The largest absolute Gasteiger partial charge is 0.458 e. The zero-order valence-corrected chi connectivity index (χ0v) is 25.3. The molecule has 0 amide bonds. The molecule has 2 fully saturated rings. The normalized spacial score (nSPS) is 33.9. The Balaban J connectivity index is 1.67. The molecule has 41 heavy (non-hydrogen) atoms. The van der Waals surface area contributed by atoms with Gasteiger partial charge in [-0.05, 0) is 61.6 Å². The number of allylic oxidation sites excluding steroid dienone is 1. The minimum atomic E-state index is -1.22. The summed E-state index contributed by atoms with van der Waals surface area (Å²) in [6, 6.07) is 9.58. The van der Waals surface area contributed by atoms with Crippen molar-refractivity contribution in [1.82, 2.24) is 4.90 Å². The van der Waals surface area contributed by atoms with Crippen LogP contribution in [0.4, 0.5) is 0 Å². The number of rotatable bonds is 6. The molecule has 8 atom stereocenters. The zero-order valence-electron chi connectivity index (χ0n) is 25.3. The predicted molar refractivity (Wildman–Crippen MR) is 155 cm³/mol. The number of hydrogen-bond acceptors (Lipinski definition) is 8. The molecule has 0 aromatic heterocycles. The van der Waals surface area contributed by atoms with Gasteiger partial charge >= 0.3 is 11.9 Å². The average molecular weight is 568 g/mol. The maximum absolute atomic E-state index is 13.3. The first-order valence-electron chi connectivity index (χ1n) is 14.5. The minimum Gasteiger partial charge on any atom is -0.458 e. The molecule has 2 saturated carbocycles. The molecule has 1 aromatic carbocycles. The van der Waals surface area contributed by atoms with E-state index in [2.05, 4.69) is 6.58 Å². The van der Waals surface area contributed by atoms with Gasteiger partial charge in [0.05, 0.1) is 12.5 Å². The Labute approximate surface area is 243 Å². The maximum atomic E-state index is 13.3. The second-order valence-corrected chi connectivity index (χ2v) is 13.1. The van der Waals surface area contributed by atoms with Crippen molar-refractivity contribution in [3.8, 4) is 0 Å². The number of aliphatic hydroxyl groups excluding tert-OH is 2. The van der Waals surface area contributed by atoms with Crippen LogP contribution in [0.5, 0.6) is 0 Å². The molecule has 4 rings (SSSR count). The summed E-state index contributed by atoms with van der Waals surface area (Å²) < 4.78 is 11.8. The standard InChI is InChI=1S/C33H45NO7/c1-18-24(36)16-22-29(38)27-19(2)25(41-26(37)17-23(34(7)8)21-12-10-9-11-13-21)14-15-33(27,6)31(39)30(40-20(3)35)28(18)32(22,4)5/h9-13,22-23,25,27,29-31,38-39H,2,14-17H2,1,3-8H3/t22-,23-,25+,27+,29-,30-,31+,33-/m1/s1. The van der Waals surface area contributed by atoms with E-state index in [9.17, 15) is 24.6 Å². The number of benzene rings is 1. The third-order valence-electron chi connectivity index (χ3n) is 10.1. The molecule has 3 aliphatic carbocycles. The molecule has 3 aliphatic rings. The molecule has 0 saturated heterocycles. The summed E-state index contributed by atoms with van der Waals surface area (Å²) in [6.07, 6.45) is -2.90. The number of aliphatic hydroxyl groups is 2. The SMILES string of the molecule is C=C1[C@@H](OC(=O)C[C@H](c2ccccc2)N(C)C)CC[C@@]2(C)[C@@H](O)[C@H](OC(C)=O)C3=C(C)C(=O)C[C@H]([C@@H](O)[C@H]12)C3(C)C. The van der Waals surface area contributed by atoms with Crippen molar-refractivity contribution in [2.24, 2.45) is 22.7 Å². The fourth-order valence-electron chi connectivity index (χ4n) is 7.73. The van der Waals surface area contributed by atoms with E-state index in [1.807, 2.05) is 70.1 Å². The number of carbonyl (C=O) groups is 3. The molecule has 224 valence electrons. The van der Waals surface area contributed by atoms with E-state index in [4.69, 9.17) is 9.47 Å². The number of ether oxygens (including phenoxy) is 2. The summed E-state index contributed by atoms with van der Waals surface area (Å²) in [5.74, 6) is -2.29. The van der Waals surface area contributed by atoms with Crippen LogP contribution in [0.25, 0.3) is 0 Å². The van der Waals surface area contributed by atoms with E-state index >= 15 is 0 Å². The van der Waals surface area contributed by atoms with Crippen LogP contribution >= 0.6 is 0 Å². The Hall–Kier alpha value is -2.81. The van der Waals surface area contributed by atoms with Crippen LogP contribution in [-0.4, -0.2) is 71.3 Å². The van der Waals surface area contributed by atoms with Gasteiger partial charge in [0.2, 0.25) is 0 Å². The van der Waals surface area contributed by atoms with Crippen molar-refractivity contribution in [3.05, 3.63) is 59.2 Å². The summed E-state index contributed by atoms with van der Waals surface area (Å²) in [5.41, 5.74) is 0.854. The summed E-state index contributed by atoms with van der Waals surface area (Å²) in [7, 11) is 3.83. The molecule has 0 spiro atoms. The van der Waals surface area contributed by atoms with E-state index < -0.39 is 53.1 Å². The van der Waals surface area contributed by atoms with Gasteiger partial charge in [-0.2, -0.15) is 0 Å². The molecule has 0 heterocycles. The molecular formula is C33H45NO7. The molecule has 0 unspecified atom stereocenters. The van der Waals surface area contributed by atoms with Crippen LogP contribution in [0.15, 0.2) is 53.6 Å². The van der Waals surface area contributed by atoms with E-state index in [-0.39, 0.29) is 30.6 Å². The first kappa shape index (κ1) is 31.1. The highest BCUT2D eigenvalue weighted by Crippen LogP contribution is 2.59. The third kappa shape index (κ3) is 5.54. The molecule has 0 aliphatic heterocycles. The van der Waals surface area contributed by atoms with Crippen molar-refractivity contribution < 1.29 is 34.1 Å². The van der Waals surface area contributed by atoms with E-state index in [1.165, 1.54) is 6.92 Å². The van der Waals surface area contributed by atoms with E-state index in [0.717, 1.165) is 5.56 Å². The number of esters is 2. The van der Waals surface area contributed by atoms with E-state index in [0.29, 0.717) is 29.6 Å². The van der Waals surface area contributed by atoms with Crippen LogP contribution in [0.1, 0.15) is 71.9 Å². The predicted octanol–water partition coefficient (Wildman–Crippen LogP) is 4.16. The average Bonchev–Trinajstić information content (AvgIpc) is 2.89. The second kappa shape index (κ2) is 11.5. The highest BCUT2D eigenvalue weighted by molar-refractivity contribution is 5.97. The van der Waals surface area contributed by atoms with E-state index in [1.54, 1.807) is 6.92 Å². The molecule has 0 radical (unpaired) electrons. The number of fused-ring (bicyclic) bond motifs is 3. The lowest BCUT2D eigenvalue weighted by atomic mass is 9.49. The van der Waals surface area contributed by atoms with Crippen molar-refractivity contribution in [3.63, 3.8) is 0 Å². The Morgan fingerprint density at radius 1 is 1.12 bits per heavy atom. The minimum absolute atomic E-state index is 0.123. The number of carbonyl (C=O) groups excluding carboxylic acids is 3. The summed E-state index contributed by atoms with van der Waals surface area (Å²) in [5, 5.41) is 23.9. The van der Waals surface area contributed by atoms with Crippen LogP contribution in [-0.2, 0) is 23.9 Å². The zero-order chi connectivity index (χ0) is 30.4. The van der Waals surface area contributed by atoms with Gasteiger partial charge in [0.15, 0.2) is 11.9 Å². The quantitative estimate of drug-likeness (QED) is 0.389. The number of Topliss-reactive ketones (excluding diaryl/α,β-unsaturated/α-hetero) is 1. The van der Waals surface area contributed by atoms with Crippen molar-refractivity contribution in [2.75, 3.05) is 14.1 Å². The topological polar surface area (TPSA) is 113 Å². The Morgan fingerprint density at radius 3 is 2.34 bits per heavy atom. The Morgan fingerprint density at radius 2 is 1.76 bits per heavy atom. The van der Waals surface area contributed by atoms with Gasteiger partial charge in [-0.15, -0.1) is 0 Å². The molecule has 1 aromatic rings. The molecule has 2 N–H and O–H groups in total. The van der Waals surface area contributed by atoms with Gasteiger partial charge < -0.3 is 24.6 Å². The molecule has 8 heteroatoms. The fraction of sp³-hybridized carbons (Fsp3) is 0.606. The van der Waals surface area contributed by atoms with Gasteiger partial charge in [-0.25, -0.2) is 0 Å². The first-order chi connectivity index (χ1) is 19.1. The second-order valence-electron chi connectivity index (χ2n) is 13.1. The first-order valence-corrected chi connectivity index (χ1v) is 14.5. The summed E-state index contributed by atoms with van der Waals surface area (Å²) >= 11 is 0. The van der Waals surface area contributed by atoms with Gasteiger partial charge in [-0.3, -0.25) is 14.4 Å². The van der Waals surface area contributed by atoms with Crippen molar-refractivity contribution in [1.29, 1.82) is 0 Å². The lowest BCUT2D eigenvalue weighted by Gasteiger charge is -2.58. The van der Waals surface area contributed by atoms with Crippen molar-refractivity contribution >= 4 is 17.7 Å². The molecule has 2 bridgehead atoms. The van der Waals surface area contributed by atoms with Gasteiger partial charge in [0, 0.05) is 36.6 Å². The van der Waals surface area contributed by atoms with Gasteiger partial charge in [0.25, 0.3) is 0 Å². The number of ketones is 1. The third-order valence-corrected chi connectivity index (χ3v) is 10.1. The van der Waals surface area contributed by atoms with Crippen LogP contribution in [0.2, 0.25) is 0 Å². The van der Waals surface area contributed by atoms with Gasteiger partial charge in [0.1, 0.15) is 12.2 Å². The van der Waals surface area contributed by atoms with Crippen LogP contribution < -0.4 is 0 Å². The smallest absolute Gasteiger partial charge is 0.308 e. The van der Waals surface area contributed by atoms with Crippen molar-refractivity contribution in [2.45, 2.75) is 90.8 Å². The lowest BCUT2D eigenvalue weighted by Crippen LogP contribution is -2.62. The maximum Gasteiger partial charge on any atom is 0.308 e. The Bertz CT molecular complexity index is 1240. The fourth-order valence-corrected chi connectivity index (χ4v) is 7.73. The Kier molecular flexibility index (Phi) is 8.70. The van der Waals surface area contributed by atoms with Crippen LogP contribution in [0.3, 0.4) is 0 Å². The molecular weight excluding hydrogens is 522 g/mol.